The van der Waals surface area contributed by atoms with Crippen LogP contribution in [0.5, 0.6) is 0 Å². The topological polar surface area (TPSA) is 60.2 Å². The monoisotopic (exact) mass is 412 g/mol. The van der Waals surface area contributed by atoms with E-state index in [9.17, 15) is 9.18 Å². The molecule has 29 heavy (non-hydrogen) atoms. The highest BCUT2D eigenvalue weighted by atomic mass is 32.2. The van der Waals surface area contributed by atoms with Crippen molar-refractivity contribution in [3.05, 3.63) is 54.6 Å². The van der Waals surface area contributed by atoms with Crippen molar-refractivity contribution in [3.8, 4) is 22.5 Å². The maximum absolute atomic E-state index is 13.4. The van der Waals surface area contributed by atoms with Gasteiger partial charge in [0.15, 0.2) is 5.16 Å². The van der Waals surface area contributed by atoms with E-state index in [1.165, 1.54) is 23.9 Å². The van der Waals surface area contributed by atoms with E-state index in [-0.39, 0.29) is 11.7 Å². The average molecular weight is 412 g/mol. The molecule has 150 valence electrons. The molecule has 2 aromatic heterocycles. The molecule has 8 heteroatoms. The van der Waals surface area contributed by atoms with Crippen LogP contribution < -0.4 is 0 Å². The molecule has 3 heterocycles. The maximum Gasteiger partial charge on any atom is 0.233 e. The van der Waals surface area contributed by atoms with Gasteiger partial charge in [0, 0.05) is 43.7 Å². The van der Waals surface area contributed by atoms with Crippen LogP contribution in [0.1, 0.15) is 0 Å². The molecule has 0 unspecified atom stereocenters. The van der Waals surface area contributed by atoms with Gasteiger partial charge in [-0.1, -0.05) is 11.8 Å². The third-order valence-corrected chi connectivity index (χ3v) is 5.83. The van der Waals surface area contributed by atoms with Crippen LogP contribution in [-0.4, -0.2) is 57.4 Å². The smallest absolute Gasteiger partial charge is 0.233 e. The molecule has 0 aliphatic carbocycles. The summed E-state index contributed by atoms with van der Waals surface area (Å²) in [6, 6.07) is 10.1. The lowest BCUT2D eigenvalue weighted by atomic mass is 10.1. The maximum atomic E-state index is 13.4. The normalized spacial score (nSPS) is 14.2. The Morgan fingerprint density at radius 3 is 2.48 bits per heavy atom. The molecular formula is C21H21FN4O2S. The van der Waals surface area contributed by atoms with E-state index in [1.807, 2.05) is 28.6 Å². The molecule has 3 aromatic rings. The number of carbonyl (C=O) groups excluding carboxylic acids is 1. The number of rotatable bonds is 5. The third-order valence-electron chi connectivity index (χ3n) is 4.81. The van der Waals surface area contributed by atoms with Crippen LogP contribution in [0, 0.1) is 5.82 Å². The van der Waals surface area contributed by atoms with E-state index in [0.717, 1.165) is 27.7 Å². The van der Waals surface area contributed by atoms with Gasteiger partial charge in [0.1, 0.15) is 5.82 Å². The first-order chi connectivity index (χ1) is 14.1. The highest BCUT2D eigenvalue weighted by molar-refractivity contribution is 7.99. The number of aromatic nitrogens is 3. The number of thioether (sulfide) groups is 1. The van der Waals surface area contributed by atoms with Crippen LogP contribution in [0.3, 0.4) is 0 Å². The number of carbonyl (C=O) groups is 1. The lowest BCUT2D eigenvalue weighted by Crippen LogP contribution is -2.41. The van der Waals surface area contributed by atoms with Gasteiger partial charge in [0.05, 0.1) is 30.4 Å². The zero-order chi connectivity index (χ0) is 20.2. The molecule has 4 rings (SSSR count). The Balaban J connectivity index is 1.64. The first-order valence-electron chi connectivity index (χ1n) is 9.35. The van der Waals surface area contributed by atoms with Crippen molar-refractivity contribution in [2.45, 2.75) is 5.16 Å². The first-order valence-corrected chi connectivity index (χ1v) is 10.3. The summed E-state index contributed by atoms with van der Waals surface area (Å²) in [4.78, 5) is 23.2. The second-order valence-electron chi connectivity index (χ2n) is 6.68. The number of hydrogen-bond donors (Lipinski definition) is 0. The second kappa shape index (κ2) is 8.75. The van der Waals surface area contributed by atoms with Crippen LogP contribution in [-0.2, 0) is 16.6 Å². The number of imidazole rings is 1. The number of benzene rings is 1. The summed E-state index contributed by atoms with van der Waals surface area (Å²) in [5, 5.41) is 0.734. The number of amides is 1. The SMILES string of the molecule is Cn1c(SCC(=O)N2CCOCC2)nc(-c2ccc(F)cc2)c1-c1ccncc1. The molecule has 1 aliphatic heterocycles. The van der Waals surface area contributed by atoms with E-state index in [4.69, 9.17) is 9.72 Å². The van der Waals surface area contributed by atoms with E-state index in [0.29, 0.717) is 32.1 Å². The number of morpholine rings is 1. The number of pyridine rings is 1. The van der Waals surface area contributed by atoms with Gasteiger partial charge in [0.25, 0.3) is 0 Å². The Morgan fingerprint density at radius 2 is 1.79 bits per heavy atom. The zero-order valence-electron chi connectivity index (χ0n) is 16.0. The fourth-order valence-electron chi connectivity index (χ4n) is 3.29. The van der Waals surface area contributed by atoms with Crippen molar-refractivity contribution in [1.82, 2.24) is 19.4 Å². The van der Waals surface area contributed by atoms with Gasteiger partial charge in [-0.3, -0.25) is 9.78 Å². The Kier molecular flexibility index (Phi) is 5.92. The quantitative estimate of drug-likeness (QED) is 0.602. The minimum Gasteiger partial charge on any atom is -0.378 e. The molecule has 1 aromatic carbocycles. The molecule has 0 N–H and O–H groups in total. The Morgan fingerprint density at radius 1 is 1.10 bits per heavy atom. The number of hydrogen-bond acceptors (Lipinski definition) is 5. The van der Waals surface area contributed by atoms with Crippen molar-refractivity contribution in [2.24, 2.45) is 7.05 Å². The summed E-state index contributed by atoms with van der Waals surface area (Å²) in [6.07, 6.45) is 3.46. The molecule has 0 atom stereocenters. The summed E-state index contributed by atoms with van der Waals surface area (Å²) in [6.45, 7) is 2.42. The third kappa shape index (κ3) is 4.33. The van der Waals surface area contributed by atoms with Crippen molar-refractivity contribution < 1.29 is 13.9 Å². The largest absolute Gasteiger partial charge is 0.378 e. The standard InChI is InChI=1S/C21H21FN4O2S/c1-25-20(16-6-8-23-9-7-16)19(15-2-4-17(22)5-3-15)24-21(25)29-14-18(27)26-10-12-28-13-11-26/h2-9H,10-14H2,1H3. The Hall–Kier alpha value is -2.71. The van der Waals surface area contributed by atoms with Crippen LogP contribution >= 0.6 is 11.8 Å². The summed E-state index contributed by atoms with van der Waals surface area (Å²) in [5.74, 6) is 0.0969. The molecule has 0 saturated carbocycles. The van der Waals surface area contributed by atoms with Gasteiger partial charge >= 0.3 is 0 Å². The van der Waals surface area contributed by atoms with Crippen LogP contribution in [0.2, 0.25) is 0 Å². The van der Waals surface area contributed by atoms with Crippen LogP contribution in [0.15, 0.2) is 53.9 Å². The van der Waals surface area contributed by atoms with Gasteiger partial charge in [-0.25, -0.2) is 9.37 Å². The Labute approximate surface area is 172 Å². The van der Waals surface area contributed by atoms with Gasteiger partial charge in [0.2, 0.25) is 5.91 Å². The van der Waals surface area contributed by atoms with Gasteiger partial charge in [-0.05, 0) is 36.4 Å². The molecule has 1 saturated heterocycles. The molecule has 0 radical (unpaired) electrons. The minimum atomic E-state index is -0.291. The lowest BCUT2D eigenvalue weighted by molar-refractivity contribution is -0.132. The fourth-order valence-corrected chi connectivity index (χ4v) is 4.16. The summed E-state index contributed by atoms with van der Waals surface area (Å²) in [7, 11) is 1.93. The molecule has 0 spiro atoms. The lowest BCUT2D eigenvalue weighted by Gasteiger charge is -2.26. The van der Waals surface area contributed by atoms with E-state index in [1.54, 1.807) is 24.5 Å². The summed E-state index contributed by atoms with van der Waals surface area (Å²) < 4.78 is 20.7. The minimum absolute atomic E-state index is 0.0788. The first kappa shape index (κ1) is 19.6. The summed E-state index contributed by atoms with van der Waals surface area (Å²) in [5.41, 5.74) is 3.43. The highest BCUT2D eigenvalue weighted by Crippen LogP contribution is 2.35. The molecular weight excluding hydrogens is 391 g/mol. The predicted octanol–water partition coefficient (Wildman–Crippen LogP) is 3.24. The molecule has 0 bridgehead atoms. The van der Waals surface area contributed by atoms with Crippen LogP contribution in [0.4, 0.5) is 4.39 Å². The number of nitrogens with zero attached hydrogens (tertiary/aromatic N) is 4. The number of ether oxygens (including phenoxy) is 1. The van der Waals surface area contributed by atoms with Crippen molar-refractivity contribution in [1.29, 1.82) is 0 Å². The predicted molar refractivity (Wildman–Crippen MR) is 110 cm³/mol. The molecule has 1 fully saturated rings. The summed E-state index contributed by atoms with van der Waals surface area (Å²) >= 11 is 1.41. The Bertz CT molecular complexity index is 986. The fraction of sp³-hybridized carbons (Fsp3) is 0.286. The van der Waals surface area contributed by atoms with Crippen molar-refractivity contribution in [3.63, 3.8) is 0 Å². The van der Waals surface area contributed by atoms with Gasteiger partial charge in [-0.2, -0.15) is 0 Å². The van der Waals surface area contributed by atoms with Gasteiger partial charge in [-0.15, -0.1) is 0 Å². The number of halogens is 1. The molecule has 6 nitrogen and oxygen atoms in total. The average Bonchev–Trinajstić information content (AvgIpc) is 3.10. The van der Waals surface area contributed by atoms with Crippen molar-refractivity contribution in [2.75, 3.05) is 32.1 Å². The highest BCUT2D eigenvalue weighted by Gasteiger charge is 2.21. The second-order valence-corrected chi connectivity index (χ2v) is 7.62. The van der Waals surface area contributed by atoms with E-state index in [2.05, 4.69) is 4.98 Å². The van der Waals surface area contributed by atoms with Crippen LogP contribution in [0.25, 0.3) is 22.5 Å². The zero-order valence-corrected chi connectivity index (χ0v) is 16.9. The molecule has 1 aliphatic rings. The van der Waals surface area contributed by atoms with Gasteiger partial charge < -0.3 is 14.2 Å². The van der Waals surface area contributed by atoms with E-state index < -0.39 is 0 Å². The van der Waals surface area contributed by atoms with Crippen molar-refractivity contribution >= 4 is 17.7 Å². The molecule has 1 amide bonds. The van der Waals surface area contributed by atoms with E-state index >= 15 is 0 Å².